The van der Waals surface area contributed by atoms with E-state index in [1.807, 2.05) is 105 Å². The van der Waals surface area contributed by atoms with Crippen molar-refractivity contribution in [3.8, 4) is 0 Å². The van der Waals surface area contributed by atoms with Crippen molar-refractivity contribution in [1.29, 1.82) is 0 Å². The highest BCUT2D eigenvalue weighted by molar-refractivity contribution is 7.09. The number of nitrogens with one attached hydrogen (secondary N) is 4. The lowest BCUT2D eigenvalue weighted by Gasteiger charge is -2.61. The zero-order valence-electron chi connectivity index (χ0n) is 28.9. The van der Waals surface area contributed by atoms with Gasteiger partial charge in [-0.2, -0.15) is 0 Å². The Hall–Kier alpha value is 1.96. The Morgan fingerprint density at radius 3 is 0.432 bits per heavy atom. The molecule has 16 nitrogen and oxygen atoms in total. The van der Waals surface area contributed by atoms with E-state index in [9.17, 15) is 0 Å². The minimum Gasteiger partial charge on any atom is -0.416 e. The first-order valence-electron chi connectivity index (χ1n) is 14.9. The third kappa shape index (κ3) is 8.46. The van der Waals surface area contributed by atoms with E-state index in [4.69, 9.17) is 49.4 Å². The Morgan fingerprint density at radius 1 is 0.205 bits per heavy atom. The maximum atomic E-state index is 6.98. The molecule has 5 saturated heterocycles. The van der Waals surface area contributed by atoms with Crippen LogP contribution in [0.25, 0.3) is 0 Å². The van der Waals surface area contributed by atoms with Gasteiger partial charge in [0, 0.05) is 0 Å². The van der Waals surface area contributed by atoms with E-state index in [0.29, 0.717) is 0 Å². The fraction of sp³-hybridized carbons (Fsp3) is 1.00. The van der Waals surface area contributed by atoms with Crippen molar-refractivity contribution in [3.05, 3.63) is 0 Å². The Balaban J connectivity index is 1.76. The van der Waals surface area contributed by atoms with Gasteiger partial charge < -0.3 is 49.4 Å². The van der Waals surface area contributed by atoms with Crippen LogP contribution in [-0.4, -0.2) is 104 Å². The summed E-state index contributed by atoms with van der Waals surface area (Å²) in [6.07, 6.45) is 0. The predicted octanol–water partition coefficient (Wildman–Crippen LogP) is 1.97. The molecule has 0 bridgehead atoms. The van der Waals surface area contributed by atoms with E-state index in [1.54, 1.807) is 0 Å². The largest absolute Gasteiger partial charge is 0.494 e. The number of rotatable bonds is 0. The highest BCUT2D eigenvalue weighted by Crippen LogP contribution is 2.39. The fourth-order valence-corrected chi connectivity index (χ4v) is 75.2. The standard InChI is InChI=1S/C16H52N4O12Si12/c1-33(2)21-34(3,4)26-41(25-33)17-42(27-35(5,6)22-36(7,8)28-42)19-44(31-39(13,14)24-40(15,16)32-44)20-43(18-41)29-37(9,10)23-38(11,12)30-43/h17-20H,1-16H3. The normalized spacial score (nSPS) is 36.0. The molecule has 5 rings (SSSR count). The molecule has 4 spiro atoms. The summed E-state index contributed by atoms with van der Waals surface area (Å²) in [5.41, 5.74) is 0. The van der Waals surface area contributed by atoms with Crippen LogP contribution in [0.3, 0.4) is 0 Å². The summed E-state index contributed by atoms with van der Waals surface area (Å²) in [6, 6.07) is 0. The molecule has 4 N–H and O–H groups in total. The second kappa shape index (κ2) is 10.7. The summed E-state index contributed by atoms with van der Waals surface area (Å²) in [7, 11) is -37.1. The van der Waals surface area contributed by atoms with E-state index >= 15 is 0 Å². The molecule has 5 aliphatic rings. The lowest BCUT2D eigenvalue weighted by molar-refractivity contribution is 0.164. The van der Waals surface area contributed by atoms with Crippen LogP contribution in [0.15, 0.2) is 0 Å². The Bertz CT molecular complexity index is 923. The van der Waals surface area contributed by atoms with Crippen molar-refractivity contribution >= 4 is 104 Å². The van der Waals surface area contributed by atoms with Crippen molar-refractivity contribution in [2.24, 2.45) is 0 Å². The van der Waals surface area contributed by atoms with Crippen LogP contribution in [0.4, 0.5) is 0 Å². The summed E-state index contributed by atoms with van der Waals surface area (Å²) >= 11 is 0. The van der Waals surface area contributed by atoms with Crippen LogP contribution in [0, 0.1) is 0 Å². The zero-order chi connectivity index (χ0) is 33.3. The molecule has 0 radical (unpaired) electrons. The lowest BCUT2D eigenvalue weighted by atomic mass is 11.9. The molecule has 0 aliphatic carbocycles. The van der Waals surface area contributed by atoms with Crippen LogP contribution in [-0.2, 0) is 49.4 Å². The summed E-state index contributed by atoms with van der Waals surface area (Å²) < 4.78 is 97.0. The maximum absolute atomic E-state index is 6.98. The third-order valence-electron chi connectivity index (χ3n) is 6.40. The minimum atomic E-state index is -3.77. The first-order valence-corrected chi connectivity index (χ1v) is 44.7. The number of hydrogen-bond donors (Lipinski definition) is 4. The van der Waals surface area contributed by atoms with Crippen molar-refractivity contribution in [1.82, 2.24) is 18.6 Å². The number of hydrogen-bond acceptors (Lipinski definition) is 16. The van der Waals surface area contributed by atoms with Gasteiger partial charge in [-0.1, -0.05) is 0 Å². The first kappa shape index (κ1) is 37.2. The van der Waals surface area contributed by atoms with E-state index in [0.717, 1.165) is 0 Å². The molecule has 256 valence electrons. The van der Waals surface area contributed by atoms with Crippen LogP contribution in [0.2, 0.25) is 105 Å². The molecule has 28 heteroatoms. The van der Waals surface area contributed by atoms with Crippen molar-refractivity contribution < 1.29 is 49.4 Å². The molecule has 0 aromatic heterocycles. The van der Waals surface area contributed by atoms with Gasteiger partial charge >= 0.3 is 104 Å². The van der Waals surface area contributed by atoms with Gasteiger partial charge in [-0.3, -0.25) is 0 Å². The van der Waals surface area contributed by atoms with E-state index in [-0.39, 0.29) is 0 Å². The van der Waals surface area contributed by atoms with Gasteiger partial charge in [-0.25, -0.2) is 18.6 Å². The van der Waals surface area contributed by atoms with Crippen molar-refractivity contribution in [2.75, 3.05) is 0 Å². The molecule has 0 saturated carbocycles. The summed E-state index contributed by atoms with van der Waals surface area (Å²) in [5, 5.41) is 0. The Labute approximate surface area is 275 Å². The molecule has 5 heterocycles. The Morgan fingerprint density at radius 2 is 0.318 bits per heavy atom. The van der Waals surface area contributed by atoms with Crippen molar-refractivity contribution in [3.63, 3.8) is 0 Å². The van der Waals surface area contributed by atoms with Gasteiger partial charge in [0.2, 0.25) is 0 Å². The van der Waals surface area contributed by atoms with Crippen LogP contribution < -0.4 is 18.6 Å². The molecule has 44 heavy (non-hydrogen) atoms. The third-order valence-corrected chi connectivity index (χ3v) is 57.6. The van der Waals surface area contributed by atoms with Crippen molar-refractivity contribution in [2.45, 2.75) is 105 Å². The van der Waals surface area contributed by atoms with Gasteiger partial charge in [0.15, 0.2) is 0 Å². The molecular formula is C16H52N4O12Si12. The van der Waals surface area contributed by atoms with Gasteiger partial charge in [-0.15, -0.1) is 0 Å². The molecule has 5 fully saturated rings. The van der Waals surface area contributed by atoms with Crippen LogP contribution in [0.1, 0.15) is 0 Å². The van der Waals surface area contributed by atoms with Crippen LogP contribution in [0.5, 0.6) is 0 Å². The van der Waals surface area contributed by atoms with E-state index in [2.05, 4.69) is 18.6 Å². The second-order valence-electron chi connectivity index (χ2n) is 15.4. The van der Waals surface area contributed by atoms with Gasteiger partial charge in [0.05, 0.1) is 0 Å². The smallest absolute Gasteiger partial charge is 0.416 e. The average molecular weight is 830 g/mol. The van der Waals surface area contributed by atoms with E-state index < -0.39 is 104 Å². The molecule has 0 aromatic carbocycles. The predicted molar refractivity (Wildman–Crippen MR) is 188 cm³/mol. The zero-order valence-corrected chi connectivity index (χ0v) is 40.9. The maximum Gasteiger partial charge on any atom is 0.494 e. The average Bonchev–Trinajstić information content (AvgIpc) is 2.53. The minimum absolute atomic E-state index is 2.03. The molecule has 5 aliphatic heterocycles. The quantitative estimate of drug-likeness (QED) is 0.263. The highest BCUT2D eigenvalue weighted by Gasteiger charge is 2.77. The van der Waals surface area contributed by atoms with Gasteiger partial charge in [-0.05, 0) is 105 Å². The SMILES string of the molecule is C[Si]1(C)O[Si](C)(C)O[Si]2(N[Si]3(N[Si]4(N[Si]5(N2)O[Si](C)(C)O[Si](C)(C)O5)O[Si](C)(C)O[Si](C)(C)O4)O[Si](C)(C)O[Si](C)(C)O3)O1. The molecule has 0 aromatic rings. The monoisotopic (exact) mass is 828 g/mol. The summed E-state index contributed by atoms with van der Waals surface area (Å²) in [5.74, 6) is 0. The Kier molecular flexibility index (Phi) is 9.08. The first-order chi connectivity index (χ1) is 19.3. The van der Waals surface area contributed by atoms with Crippen LogP contribution >= 0.6 is 0 Å². The summed E-state index contributed by atoms with van der Waals surface area (Å²) in [4.78, 5) is 0. The molecule has 0 atom stereocenters. The summed E-state index contributed by atoms with van der Waals surface area (Å²) in [6.45, 7) is 32.4. The molecular weight excluding hydrogens is 777 g/mol. The molecule has 0 amide bonds. The fourth-order valence-electron chi connectivity index (χ4n) is 6.79. The van der Waals surface area contributed by atoms with Gasteiger partial charge in [0.1, 0.15) is 0 Å². The second-order valence-corrected chi connectivity index (χ2v) is 56.5. The molecule has 0 unspecified atom stereocenters. The lowest BCUT2D eigenvalue weighted by Crippen LogP contribution is -3.02. The van der Waals surface area contributed by atoms with Gasteiger partial charge in [0.25, 0.3) is 0 Å². The highest BCUT2D eigenvalue weighted by atomic mass is 28.6. The van der Waals surface area contributed by atoms with E-state index in [1.165, 1.54) is 0 Å². The topological polar surface area (TPSA) is 159 Å².